The lowest BCUT2D eigenvalue weighted by molar-refractivity contribution is 0.606. The summed E-state index contributed by atoms with van der Waals surface area (Å²) in [4.78, 5) is 0. The van der Waals surface area contributed by atoms with E-state index in [1.165, 1.54) is 18.2 Å². The highest BCUT2D eigenvalue weighted by Crippen LogP contribution is 2.09. The fourth-order valence-electron chi connectivity index (χ4n) is 1.47. The summed E-state index contributed by atoms with van der Waals surface area (Å²) in [6.07, 6.45) is 1.04. The second-order valence-corrected chi connectivity index (χ2v) is 5.91. The third-order valence-corrected chi connectivity index (χ3v) is 2.92. The molecule has 20 heavy (non-hydrogen) atoms. The smallest absolute Gasteiger partial charge is 0.231 e. The molecule has 0 spiro atoms. The molecule has 0 bridgehead atoms. The number of anilines is 2. The Labute approximate surface area is 116 Å². The van der Waals surface area contributed by atoms with Crippen LogP contribution in [0.25, 0.3) is 0 Å². The molecule has 0 amide bonds. The van der Waals surface area contributed by atoms with Gasteiger partial charge in [-0.15, -0.1) is 10.2 Å². The summed E-state index contributed by atoms with van der Waals surface area (Å²) in [5.41, 5.74) is 0.895. The van der Waals surface area contributed by atoms with Gasteiger partial charge in [0.15, 0.2) is 5.82 Å². The van der Waals surface area contributed by atoms with Gasteiger partial charge in [-0.2, -0.15) is 0 Å². The van der Waals surface area contributed by atoms with Gasteiger partial charge in [0, 0.05) is 6.54 Å². The van der Waals surface area contributed by atoms with Crippen molar-refractivity contribution in [3.8, 4) is 0 Å². The zero-order chi connectivity index (χ0) is 14.6. The second kappa shape index (κ2) is 5.83. The van der Waals surface area contributed by atoms with Gasteiger partial charge in [-0.3, -0.25) is 4.72 Å². The van der Waals surface area contributed by atoms with E-state index in [-0.39, 0.29) is 11.6 Å². The molecule has 2 N–H and O–H groups in total. The van der Waals surface area contributed by atoms with Crippen molar-refractivity contribution in [2.24, 2.45) is 0 Å². The van der Waals surface area contributed by atoms with Crippen LogP contribution in [-0.4, -0.2) is 24.9 Å². The first-order chi connectivity index (χ1) is 9.42. The van der Waals surface area contributed by atoms with Crippen molar-refractivity contribution in [2.75, 3.05) is 16.3 Å². The Morgan fingerprint density at radius 3 is 2.20 bits per heavy atom. The Hall–Kier alpha value is -2.22. The second-order valence-electron chi connectivity index (χ2n) is 4.16. The van der Waals surface area contributed by atoms with Crippen LogP contribution in [0.4, 0.5) is 16.0 Å². The number of halogens is 1. The first-order valence-corrected chi connectivity index (χ1v) is 7.61. The highest BCUT2D eigenvalue weighted by molar-refractivity contribution is 7.92. The lowest BCUT2D eigenvalue weighted by Crippen LogP contribution is -2.11. The maximum Gasteiger partial charge on any atom is 0.231 e. The number of hydrogen-bond acceptors (Lipinski definition) is 5. The molecule has 1 aromatic heterocycles. The highest BCUT2D eigenvalue weighted by Gasteiger charge is 2.03. The van der Waals surface area contributed by atoms with Crippen LogP contribution in [0.2, 0.25) is 0 Å². The molecule has 0 aliphatic carbocycles. The standard InChI is InChI=1S/C12H13FN4O2S/c1-20(18,19)17-12-7-6-11(15-16-12)14-8-9-2-4-10(13)5-3-9/h2-7H,8H2,1H3,(H,14,15)(H,16,17). The molecule has 0 aliphatic heterocycles. The third-order valence-electron chi connectivity index (χ3n) is 2.34. The predicted octanol–water partition coefficient (Wildman–Crippen LogP) is 1.60. The molecular weight excluding hydrogens is 283 g/mol. The van der Waals surface area contributed by atoms with Crippen molar-refractivity contribution in [3.63, 3.8) is 0 Å². The number of benzene rings is 1. The van der Waals surface area contributed by atoms with Gasteiger partial charge < -0.3 is 5.32 Å². The summed E-state index contributed by atoms with van der Waals surface area (Å²) in [5.74, 6) is 0.359. The SMILES string of the molecule is CS(=O)(=O)Nc1ccc(NCc2ccc(F)cc2)nn1. The molecular formula is C12H13FN4O2S. The van der Waals surface area contributed by atoms with Crippen LogP contribution in [0.5, 0.6) is 0 Å². The predicted molar refractivity (Wildman–Crippen MR) is 74.2 cm³/mol. The zero-order valence-electron chi connectivity index (χ0n) is 10.7. The van der Waals surface area contributed by atoms with E-state index in [4.69, 9.17) is 0 Å². The molecule has 0 aliphatic rings. The van der Waals surface area contributed by atoms with Crippen molar-refractivity contribution >= 4 is 21.7 Å². The van der Waals surface area contributed by atoms with E-state index in [1.807, 2.05) is 0 Å². The van der Waals surface area contributed by atoms with Crippen molar-refractivity contribution in [1.29, 1.82) is 0 Å². The van der Waals surface area contributed by atoms with Crippen LogP contribution in [0, 0.1) is 5.82 Å². The molecule has 1 aromatic carbocycles. The van der Waals surface area contributed by atoms with E-state index in [1.54, 1.807) is 18.2 Å². The van der Waals surface area contributed by atoms with Crippen LogP contribution in [0.3, 0.4) is 0 Å². The largest absolute Gasteiger partial charge is 0.365 e. The van der Waals surface area contributed by atoms with E-state index in [0.29, 0.717) is 12.4 Å². The van der Waals surface area contributed by atoms with Gasteiger partial charge in [-0.25, -0.2) is 12.8 Å². The van der Waals surface area contributed by atoms with E-state index in [2.05, 4.69) is 20.2 Å². The number of rotatable bonds is 5. The molecule has 0 saturated carbocycles. The van der Waals surface area contributed by atoms with E-state index < -0.39 is 10.0 Å². The van der Waals surface area contributed by atoms with Crippen LogP contribution in [-0.2, 0) is 16.6 Å². The maximum absolute atomic E-state index is 12.7. The Kier molecular flexibility index (Phi) is 4.14. The summed E-state index contributed by atoms with van der Waals surface area (Å²) in [5, 5.41) is 10.6. The first kappa shape index (κ1) is 14.2. The van der Waals surface area contributed by atoms with Crippen molar-refractivity contribution in [3.05, 3.63) is 47.8 Å². The van der Waals surface area contributed by atoms with Crippen LogP contribution >= 0.6 is 0 Å². The number of nitrogens with one attached hydrogen (secondary N) is 2. The Bertz CT molecular complexity index is 672. The number of aromatic nitrogens is 2. The molecule has 0 unspecified atom stereocenters. The molecule has 106 valence electrons. The Balaban J connectivity index is 1.95. The molecule has 0 fully saturated rings. The normalized spacial score (nSPS) is 11.1. The molecule has 0 radical (unpaired) electrons. The molecule has 2 aromatic rings. The molecule has 8 heteroatoms. The molecule has 2 rings (SSSR count). The van der Waals surface area contributed by atoms with Gasteiger partial charge in [0.05, 0.1) is 6.26 Å². The highest BCUT2D eigenvalue weighted by atomic mass is 32.2. The fraction of sp³-hybridized carbons (Fsp3) is 0.167. The van der Waals surface area contributed by atoms with Gasteiger partial charge in [-0.1, -0.05) is 12.1 Å². The summed E-state index contributed by atoms with van der Waals surface area (Å²) < 4.78 is 36.9. The minimum atomic E-state index is -3.36. The van der Waals surface area contributed by atoms with Gasteiger partial charge in [0.1, 0.15) is 11.6 Å². The Morgan fingerprint density at radius 1 is 1.05 bits per heavy atom. The molecule has 0 atom stereocenters. The van der Waals surface area contributed by atoms with E-state index in [9.17, 15) is 12.8 Å². The summed E-state index contributed by atoms with van der Waals surface area (Å²) in [7, 11) is -3.36. The zero-order valence-corrected chi connectivity index (χ0v) is 11.5. The third kappa shape index (κ3) is 4.47. The quantitative estimate of drug-likeness (QED) is 0.875. The minimum Gasteiger partial charge on any atom is -0.365 e. The summed E-state index contributed by atoms with van der Waals surface area (Å²) in [6, 6.07) is 9.18. The van der Waals surface area contributed by atoms with E-state index >= 15 is 0 Å². The van der Waals surface area contributed by atoms with Crippen molar-refractivity contribution in [1.82, 2.24) is 10.2 Å². The van der Waals surface area contributed by atoms with E-state index in [0.717, 1.165) is 11.8 Å². The summed E-state index contributed by atoms with van der Waals surface area (Å²) in [6.45, 7) is 0.466. The summed E-state index contributed by atoms with van der Waals surface area (Å²) >= 11 is 0. The van der Waals surface area contributed by atoms with Crippen molar-refractivity contribution in [2.45, 2.75) is 6.54 Å². The number of nitrogens with zero attached hydrogens (tertiary/aromatic N) is 2. The van der Waals surface area contributed by atoms with Gasteiger partial charge >= 0.3 is 0 Å². The van der Waals surface area contributed by atoms with Gasteiger partial charge in [-0.05, 0) is 29.8 Å². The molecule has 6 nitrogen and oxygen atoms in total. The lowest BCUT2D eigenvalue weighted by Gasteiger charge is -2.06. The van der Waals surface area contributed by atoms with Crippen molar-refractivity contribution < 1.29 is 12.8 Å². The average Bonchev–Trinajstić information content (AvgIpc) is 2.38. The number of hydrogen-bond donors (Lipinski definition) is 2. The number of sulfonamides is 1. The van der Waals surface area contributed by atoms with Crippen LogP contribution in [0.1, 0.15) is 5.56 Å². The Morgan fingerprint density at radius 2 is 1.65 bits per heavy atom. The fourth-order valence-corrected chi connectivity index (χ4v) is 1.95. The van der Waals surface area contributed by atoms with Crippen LogP contribution in [0.15, 0.2) is 36.4 Å². The minimum absolute atomic E-state index is 0.153. The monoisotopic (exact) mass is 296 g/mol. The average molecular weight is 296 g/mol. The van der Waals surface area contributed by atoms with Gasteiger partial charge in [0.2, 0.25) is 10.0 Å². The topological polar surface area (TPSA) is 84.0 Å². The van der Waals surface area contributed by atoms with Crippen LogP contribution < -0.4 is 10.0 Å². The molecule has 0 saturated heterocycles. The lowest BCUT2D eigenvalue weighted by atomic mass is 10.2. The molecule has 1 heterocycles. The maximum atomic E-state index is 12.7. The van der Waals surface area contributed by atoms with Gasteiger partial charge in [0.25, 0.3) is 0 Å². The first-order valence-electron chi connectivity index (χ1n) is 5.72.